The molecule has 0 aliphatic carbocycles. The van der Waals surface area contributed by atoms with Gasteiger partial charge in [-0.2, -0.15) is 11.3 Å². The van der Waals surface area contributed by atoms with E-state index in [1.54, 1.807) is 22.7 Å². The van der Waals surface area contributed by atoms with Gasteiger partial charge in [0, 0.05) is 10.9 Å². The van der Waals surface area contributed by atoms with Crippen molar-refractivity contribution in [3.63, 3.8) is 0 Å². The number of hydrogen-bond donors (Lipinski definition) is 1. The van der Waals surface area contributed by atoms with Gasteiger partial charge < -0.3 is 5.32 Å². The van der Waals surface area contributed by atoms with E-state index >= 15 is 0 Å². The number of aryl methyl sites for hydroxylation is 1. The summed E-state index contributed by atoms with van der Waals surface area (Å²) in [7, 11) is 0. The quantitative estimate of drug-likeness (QED) is 0.808. The monoisotopic (exact) mass is 285 g/mol. The summed E-state index contributed by atoms with van der Waals surface area (Å²) < 4.78 is 0.874. The van der Waals surface area contributed by atoms with E-state index in [4.69, 9.17) is 11.6 Å². The molecule has 0 spiro atoms. The van der Waals surface area contributed by atoms with Gasteiger partial charge in [-0.15, -0.1) is 11.3 Å². The van der Waals surface area contributed by atoms with E-state index in [1.165, 1.54) is 10.4 Å². The first-order valence-electron chi connectivity index (χ1n) is 5.79. The molecule has 4 heteroatoms. The van der Waals surface area contributed by atoms with Crippen LogP contribution in [-0.2, 0) is 6.42 Å². The highest BCUT2D eigenvalue weighted by Gasteiger charge is 2.12. The zero-order valence-electron chi connectivity index (χ0n) is 9.78. The van der Waals surface area contributed by atoms with Gasteiger partial charge in [0.1, 0.15) is 0 Å². The number of thiophene rings is 2. The van der Waals surface area contributed by atoms with Crippen LogP contribution in [0, 0.1) is 0 Å². The van der Waals surface area contributed by atoms with E-state index in [1.807, 2.05) is 6.07 Å². The number of rotatable bonds is 6. The molecule has 0 aliphatic heterocycles. The van der Waals surface area contributed by atoms with Crippen LogP contribution in [0.2, 0.25) is 4.34 Å². The Morgan fingerprint density at radius 1 is 1.35 bits per heavy atom. The van der Waals surface area contributed by atoms with Gasteiger partial charge in [0.25, 0.3) is 0 Å². The van der Waals surface area contributed by atoms with Crippen LogP contribution in [0.1, 0.15) is 29.8 Å². The molecule has 1 N–H and O–H groups in total. The van der Waals surface area contributed by atoms with E-state index in [9.17, 15) is 0 Å². The van der Waals surface area contributed by atoms with Crippen LogP contribution in [0.4, 0.5) is 0 Å². The summed E-state index contributed by atoms with van der Waals surface area (Å²) in [6.45, 7) is 3.14. The zero-order chi connectivity index (χ0) is 12.1. The third-order valence-corrected chi connectivity index (χ3v) is 4.77. The van der Waals surface area contributed by atoms with Crippen LogP contribution >= 0.6 is 34.3 Å². The predicted octanol–water partition coefficient (Wildman–Crippen LogP) is 4.75. The summed E-state index contributed by atoms with van der Waals surface area (Å²) in [5.41, 5.74) is 1.43. The molecular formula is C13H16ClNS2. The molecule has 0 radical (unpaired) electrons. The number of halogens is 1. The molecule has 0 saturated heterocycles. The first-order valence-corrected chi connectivity index (χ1v) is 7.93. The second-order valence-electron chi connectivity index (χ2n) is 3.92. The van der Waals surface area contributed by atoms with Crippen LogP contribution in [0.5, 0.6) is 0 Å². The van der Waals surface area contributed by atoms with Gasteiger partial charge in [0.15, 0.2) is 0 Å². The van der Waals surface area contributed by atoms with Crippen molar-refractivity contribution in [3.8, 4) is 0 Å². The second-order valence-corrected chi connectivity index (χ2v) is 6.45. The highest BCUT2D eigenvalue weighted by Crippen LogP contribution is 2.29. The normalized spacial score (nSPS) is 12.8. The van der Waals surface area contributed by atoms with Crippen molar-refractivity contribution in [3.05, 3.63) is 43.7 Å². The Morgan fingerprint density at radius 2 is 2.24 bits per heavy atom. The summed E-state index contributed by atoms with van der Waals surface area (Å²) in [6, 6.07) is 6.75. The molecule has 2 heterocycles. The van der Waals surface area contributed by atoms with E-state index in [-0.39, 0.29) is 0 Å². The molecule has 0 fully saturated rings. The standard InChI is InChI=1S/C13H16ClNS2/c1-2-15-11(12-5-6-13(14)17-12)4-3-10-7-8-16-9-10/h5-9,11,15H,2-4H2,1H3. The van der Waals surface area contributed by atoms with Gasteiger partial charge in [-0.3, -0.25) is 0 Å². The Morgan fingerprint density at radius 3 is 2.82 bits per heavy atom. The lowest BCUT2D eigenvalue weighted by Crippen LogP contribution is -2.20. The van der Waals surface area contributed by atoms with Gasteiger partial charge in [-0.25, -0.2) is 0 Å². The lowest BCUT2D eigenvalue weighted by Gasteiger charge is -2.15. The molecule has 1 atom stereocenters. The van der Waals surface area contributed by atoms with E-state index < -0.39 is 0 Å². The maximum absolute atomic E-state index is 6.00. The Bertz CT molecular complexity index is 436. The second kappa shape index (κ2) is 6.55. The summed E-state index contributed by atoms with van der Waals surface area (Å²) in [4.78, 5) is 1.34. The van der Waals surface area contributed by atoms with Gasteiger partial charge >= 0.3 is 0 Å². The lowest BCUT2D eigenvalue weighted by molar-refractivity contribution is 0.523. The van der Waals surface area contributed by atoms with E-state index in [0.717, 1.165) is 23.7 Å². The fourth-order valence-corrected chi connectivity index (χ4v) is 3.73. The molecule has 2 aromatic rings. The Balaban J connectivity index is 1.97. The van der Waals surface area contributed by atoms with Gasteiger partial charge in [0.05, 0.1) is 4.34 Å². The summed E-state index contributed by atoms with van der Waals surface area (Å²) in [5.74, 6) is 0. The van der Waals surface area contributed by atoms with Crippen LogP contribution < -0.4 is 5.32 Å². The SMILES string of the molecule is CCNC(CCc1ccsc1)c1ccc(Cl)s1. The van der Waals surface area contributed by atoms with Crippen molar-refractivity contribution in [2.24, 2.45) is 0 Å². The molecular weight excluding hydrogens is 270 g/mol. The maximum atomic E-state index is 6.00. The van der Waals surface area contributed by atoms with Crippen molar-refractivity contribution in [2.45, 2.75) is 25.8 Å². The molecule has 0 aromatic carbocycles. The molecule has 0 saturated carbocycles. The minimum atomic E-state index is 0.428. The largest absolute Gasteiger partial charge is 0.310 e. The summed E-state index contributed by atoms with van der Waals surface area (Å²) in [6.07, 6.45) is 2.25. The average Bonchev–Trinajstić information content (AvgIpc) is 2.95. The first kappa shape index (κ1) is 13.1. The minimum Gasteiger partial charge on any atom is -0.310 e. The van der Waals surface area contributed by atoms with Crippen molar-refractivity contribution in [1.29, 1.82) is 0 Å². The summed E-state index contributed by atoms with van der Waals surface area (Å²) >= 11 is 9.44. The molecule has 2 aromatic heterocycles. The van der Waals surface area contributed by atoms with Crippen molar-refractivity contribution in [1.82, 2.24) is 5.32 Å². The van der Waals surface area contributed by atoms with Gasteiger partial charge in [-0.05, 0) is 53.9 Å². The molecule has 0 amide bonds. The molecule has 0 aliphatic rings. The lowest BCUT2D eigenvalue weighted by atomic mass is 10.1. The highest BCUT2D eigenvalue weighted by molar-refractivity contribution is 7.16. The predicted molar refractivity (Wildman–Crippen MR) is 78.4 cm³/mol. The Labute approximate surface area is 115 Å². The number of hydrogen-bond acceptors (Lipinski definition) is 3. The van der Waals surface area contributed by atoms with Crippen molar-refractivity contribution < 1.29 is 0 Å². The zero-order valence-corrected chi connectivity index (χ0v) is 12.2. The van der Waals surface area contributed by atoms with E-state index in [2.05, 4.69) is 35.1 Å². The molecule has 1 unspecified atom stereocenters. The highest BCUT2D eigenvalue weighted by atomic mass is 35.5. The maximum Gasteiger partial charge on any atom is 0.0931 e. The molecule has 0 bridgehead atoms. The topological polar surface area (TPSA) is 12.0 Å². The molecule has 1 nitrogen and oxygen atoms in total. The number of nitrogens with one attached hydrogen (secondary N) is 1. The van der Waals surface area contributed by atoms with Gasteiger partial charge in [-0.1, -0.05) is 18.5 Å². The van der Waals surface area contributed by atoms with Crippen molar-refractivity contribution >= 4 is 34.3 Å². The molecule has 92 valence electrons. The molecule has 17 heavy (non-hydrogen) atoms. The van der Waals surface area contributed by atoms with Crippen LogP contribution in [-0.4, -0.2) is 6.54 Å². The van der Waals surface area contributed by atoms with Crippen molar-refractivity contribution in [2.75, 3.05) is 6.54 Å². The van der Waals surface area contributed by atoms with E-state index in [0.29, 0.717) is 6.04 Å². The van der Waals surface area contributed by atoms with Gasteiger partial charge in [0.2, 0.25) is 0 Å². The minimum absolute atomic E-state index is 0.428. The first-order chi connectivity index (χ1) is 8.29. The van der Waals surface area contributed by atoms with Crippen LogP contribution in [0.15, 0.2) is 29.0 Å². The summed E-state index contributed by atoms with van der Waals surface area (Å²) in [5, 5.41) is 7.89. The third-order valence-electron chi connectivity index (χ3n) is 2.69. The smallest absolute Gasteiger partial charge is 0.0931 e. The Kier molecular flexibility index (Phi) is 5.04. The third kappa shape index (κ3) is 3.81. The van der Waals surface area contributed by atoms with Crippen LogP contribution in [0.3, 0.4) is 0 Å². The van der Waals surface area contributed by atoms with Crippen LogP contribution in [0.25, 0.3) is 0 Å². The fraction of sp³-hybridized carbons (Fsp3) is 0.385. The fourth-order valence-electron chi connectivity index (χ4n) is 1.85. The average molecular weight is 286 g/mol. The Hall–Kier alpha value is -0.350. The molecule has 2 rings (SSSR count).